The van der Waals surface area contributed by atoms with E-state index in [-0.39, 0.29) is 5.75 Å². The molecule has 100 valence electrons. The van der Waals surface area contributed by atoms with Crippen LogP contribution in [0.4, 0.5) is 0 Å². The van der Waals surface area contributed by atoms with Gasteiger partial charge in [-0.2, -0.15) is 0 Å². The fourth-order valence-corrected chi connectivity index (χ4v) is 1.85. The zero-order valence-electron chi connectivity index (χ0n) is 10.8. The van der Waals surface area contributed by atoms with Crippen molar-refractivity contribution in [3.8, 4) is 17.2 Å². The Morgan fingerprint density at radius 2 is 1.95 bits per heavy atom. The minimum Gasteiger partial charge on any atom is -0.508 e. The molecule has 0 bridgehead atoms. The summed E-state index contributed by atoms with van der Waals surface area (Å²) in [4.78, 5) is 0. The highest BCUT2D eigenvalue weighted by atomic mass is 16.5. The van der Waals surface area contributed by atoms with Crippen molar-refractivity contribution < 1.29 is 14.6 Å². The van der Waals surface area contributed by atoms with Gasteiger partial charge in [0.05, 0.1) is 7.11 Å². The molecule has 0 aromatic heterocycles. The van der Waals surface area contributed by atoms with Crippen LogP contribution in [0.25, 0.3) is 0 Å². The molecule has 0 unspecified atom stereocenters. The van der Waals surface area contributed by atoms with Gasteiger partial charge in [-0.1, -0.05) is 24.3 Å². The fraction of sp³-hybridized carbons (Fsp3) is 0.200. The predicted octanol–water partition coefficient (Wildman–Crippen LogP) is 2.44. The second-order valence-electron chi connectivity index (χ2n) is 4.11. The number of hydrogen-bond donors (Lipinski definition) is 2. The molecule has 2 aromatic rings. The van der Waals surface area contributed by atoms with Gasteiger partial charge in [-0.15, -0.1) is 0 Å². The molecule has 0 heterocycles. The lowest BCUT2D eigenvalue weighted by Crippen LogP contribution is -2.04. The predicted molar refractivity (Wildman–Crippen MR) is 73.3 cm³/mol. The SMILES string of the molecule is COc1cccc(CN)c1OCc1cccc(O)c1. The summed E-state index contributed by atoms with van der Waals surface area (Å²) in [5, 5.41) is 9.41. The summed E-state index contributed by atoms with van der Waals surface area (Å²) in [5.41, 5.74) is 7.46. The van der Waals surface area contributed by atoms with Crippen LogP contribution < -0.4 is 15.2 Å². The molecule has 0 aliphatic carbocycles. The van der Waals surface area contributed by atoms with Crippen molar-refractivity contribution in [2.75, 3.05) is 7.11 Å². The van der Waals surface area contributed by atoms with E-state index in [0.717, 1.165) is 11.1 Å². The number of phenols is 1. The van der Waals surface area contributed by atoms with Crippen LogP contribution in [0.2, 0.25) is 0 Å². The van der Waals surface area contributed by atoms with Crippen molar-refractivity contribution in [2.45, 2.75) is 13.2 Å². The molecule has 0 amide bonds. The summed E-state index contributed by atoms with van der Waals surface area (Å²) in [5.74, 6) is 1.53. The zero-order valence-corrected chi connectivity index (χ0v) is 10.8. The Hall–Kier alpha value is -2.20. The Balaban J connectivity index is 2.19. The lowest BCUT2D eigenvalue weighted by atomic mass is 10.2. The van der Waals surface area contributed by atoms with Crippen molar-refractivity contribution in [3.63, 3.8) is 0 Å². The third-order valence-corrected chi connectivity index (χ3v) is 2.79. The third-order valence-electron chi connectivity index (χ3n) is 2.79. The smallest absolute Gasteiger partial charge is 0.166 e. The average molecular weight is 259 g/mol. The van der Waals surface area contributed by atoms with Gasteiger partial charge in [0.25, 0.3) is 0 Å². The molecule has 0 atom stereocenters. The van der Waals surface area contributed by atoms with Crippen molar-refractivity contribution in [1.29, 1.82) is 0 Å². The lowest BCUT2D eigenvalue weighted by Gasteiger charge is -2.14. The van der Waals surface area contributed by atoms with Crippen LogP contribution in [0.15, 0.2) is 42.5 Å². The highest BCUT2D eigenvalue weighted by Crippen LogP contribution is 2.31. The number of phenolic OH excluding ortho intramolecular Hbond substituents is 1. The molecule has 0 aliphatic rings. The maximum Gasteiger partial charge on any atom is 0.166 e. The van der Waals surface area contributed by atoms with E-state index in [0.29, 0.717) is 24.7 Å². The normalized spacial score (nSPS) is 10.2. The van der Waals surface area contributed by atoms with Gasteiger partial charge in [-0.3, -0.25) is 0 Å². The highest BCUT2D eigenvalue weighted by Gasteiger charge is 2.09. The van der Waals surface area contributed by atoms with E-state index in [9.17, 15) is 5.11 Å². The van der Waals surface area contributed by atoms with Crippen molar-refractivity contribution in [1.82, 2.24) is 0 Å². The minimum absolute atomic E-state index is 0.222. The number of methoxy groups -OCH3 is 1. The lowest BCUT2D eigenvalue weighted by molar-refractivity contribution is 0.281. The van der Waals surface area contributed by atoms with E-state index in [4.69, 9.17) is 15.2 Å². The maximum atomic E-state index is 9.41. The van der Waals surface area contributed by atoms with Crippen LogP contribution >= 0.6 is 0 Å². The zero-order chi connectivity index (χ0) is 13.7. The van der Waals surface area contributed by atoms with E-state index >= 15 is 0 Å². The van der Waals surface area contributed by atoms with Crippen LogP contribution in [0.1, 0.15) is 11.1 Å². The van der Waals surface area contributed by atoms with Gasteiger partial charge in [-0.25, -0.2) is 0 Å². The van der Waals surface area contributed by atoms with Crippen LogP contribution in [0.3, 0.4) is 0 Å². The molecule has 0 saturated heterocycles. The van der Waals surface area contributed by atoms with E-state index in [2.05, 4.69) is 0 Å². The highest BCUT2D eigenvalue weighted by molar-refractivity contribution is 5.46. The monoisotopic (exact) mass is 259 g/mol. The molecule has 0 radical (unpaired) electrons. The van der Waals surface area contributed by atoms with Gasteiger partial charge < -0.3 is 20.3 Å². The largest absolute Gasteiger partial charge is 0.508 e. The first-order valence-corrected chi connectivity index (χ1v) is 6.01. The molecule has 0 spiro atoms. The molecule has 2 rings (SSSR count). The molecular formula is C15H17NO3. The molecule has 0 aliphatic heterocycles. The van der Waals surface area contributed by atoms with E-state index < -0.39 is 0 Å². The first-order valence-electron chi connectivity index (χ1n) is 6.01. The van der Waals surface area contributed by atoms with Crippen molar-refractivity contribution in [3.05, 3.63) is 53.6 Å². The van der Waals surface area contributed by atoms with Gasteiger partial charge in [0, 0.05) is 12.1 Å². The topological polar surface area (TPSA) is 64.7 Å². The number of ether oxygens (including phenoxy) is 2. The van der Waals surface area contributed by atoms with E-state index in [1.807, 2.05) is 24.3 Å². The Bertz CT molecular complexity index is 533. The summed E-state index contributed by atoms with van der Waals surface area (Å²) in [6.45, 7) is 0.731. The molecule has 3 N–H and O–H groups in total. The Morgan fingerprint density at radius 3 is 2.63 bits per heavy atom. The second-order valence-corrected chi connectivity index (χ2v) is 4.11. The summed E-state index contributed by atoms with van der Waals surface area (Å²) in [7, 11) is 1.59. The van der Waals surface area contributed by atoms with E-state index in [1.54, 1.807) is 25.3 Å². The van der Waals surface area contributed by atoms with Gasteiger partial charge >= 0.3 is 0 Å². The van der Waals surface area contributed by atoms with Crippen LogP contribution in [0.5, 0.6) is 17.2 Å². The number of aromatic hydroxyl groups is 1. The van der Waals surface area contributed by atoms with Gasteiger partial charge in [0.15, 0.2) is 11.5 Å². The maximum absolute atomic E-state index is 9.41. The van der Waals surface area contributed by atoms with Crippen LogP contribution in [0, 0.1) is 0 Å². The van der Waals surface area contributed by atoms with Crippen molar-refractivity contribution in [2.24, 2.45) is 5.73 Å². The molecule has 4 heteroatoms. The van der Waals surface area contributed by atoms with Crippen LogP contribution in [-0.2, 0) is 13.2 Å². The van der Waals surface area contributed by atoms with E-state index in [1.165, 1.54) is 0 Å². The molecule has 2 aromatic carbocycles. The minimum atomic E-state index is 0.222. The molecule has 0 saturated carbocycles. The summed E-state index contributed by atoms with van der Waals surface area (Å²) in [6.07, 6.45) is 0. The van der Waals surface area contributed by atoms with Gasteiger partial charge in [0.1, 0.15) is 12.4 Å². The second kappa shape index (κ2) is 6.11. The third kappa shape index (κ3) is 3.17. The quantitative estimate of drug-likeness (QED) is 0.865. The van der Waals surface area contributed by atoms with Gasteiger partial charge in [-0.05, 0) is 23.8 Å². The summed E-state index contributed by atoms with van der Waals surface area (Å²) in [6, 6.07) is 12.6. The Labute approximate surface area is 112 Å². The summed E-state index contributed by atoms with van der Waals surface area (Å²) >= 11 is 0. The Kier molecular flexibility index (Phi) is 4.26. The number of benzene rings is 2. The number of para-hydroxylation sites is 1. The van der Waals surface area contributed by atoms with Crippen molar-refractivity contribution >= 4 is 0 Å². The molecule has 19 heavy (non-hydrogen) atoms. The number of rotatable bonds is 5. The number of nitrogens with two attached hydrogens (primary N) is 1. The Morgan fingerprint density at radius 1 is 1.16 bits per heavy atom. The van der Waals surface area contributed by atoms with Crippen LogP contribution in [-0.4, -0.2) is 12.2 Å². The fourth-order valence-electron chi connectivity index (χ4n) is 1.85. The summed E-state index contributed by atoms with van der Waals surface area (Å²) < 4.78 is 11.0. The number of hydrogen-bond acceptors (Lipinski definition) is 4. The first-order chi connectivity index (χ1) is 9.24. The molecule has 0 fully saturated rings. The van der Waals surface area contributed by atoms with Gasteiger partial charge in [0.2, 0.25) is 0 Å². The average Bonchev–Trinajstić information content (AvgIpc) is 2.44. The first kappa shape index (κ1) is 13.2. The molecular weight excluding hydrogens is 242 g/mol. The molecule has 4 nitrogen and oxygen atoms in total. The standard InChI is InChI=1S/C15H17NO3/c1-18-14-7-3-5-12(9-16)15(14)19-10-11-4-2-6-13(17)8-11/h2-8,17H,9-10,16H2,1H3.